The number of carbonyl (C=O) groups is 1. The second kappa shape index (κ2) is 3.94. The van der Waals surface area contributed by atoms with Gasteiger partial charge in [-0.3, -0.25) is 4.79 Å². The lowest BCUT2D eigenvalue weighted by molar-refractivity contribution is -0.120. The second-order valence-electron chi connectivity index (χ2n) is 3.90. The predicted octanol–water partition coefficient (Wildman–Crippen LogP) is 2.66. The largest absolute Gasteiger partial charge is 0.354 e. The third-order valence-corrected chi connectivity index (χ3v) is 3.32. The summed E-state index contributed by atoms with van der Waals surface area (Å²) in [6.07, 6.45) is 1.42. The summed E-state index contributed by atoms with van der Waals surface area (Å²) in [6.45, 7) is 3.96. The van der Waals surface area contributed by atoms with Gasteiger partial charge in [-0.1, -0.05) is 25.4 Å². The van der Waals surface area contributed by atoms with Gasteiger partial charge < -0.3 is 10.6 Å². The van der Waals surface area contributed by atoms with Crippen LogP contribution in [0.25, 0.3) is 0 Å². The molecule has 5 heteroatoms. The first-order valence-corrected chi connectivity index (χ1v) is 5.75. The van der Waals surface area contributed by atoms with Crippen LogP contribution in [-0.4, -0.2) is 16.4 Å². The van der Waals surface area contributed by atoms with E-state index < -0.39 is 5.54 Å². The lowest BCUT2D eigenvalue weighted by Crippen LogP contribution is -2.51. The van der Waals surface area contributed by atoms with E-state index in [4.69, 9.17) is 11.6 Å². The molecule has 0 bridgehead atoms. The van der Waals surface area contributed by atoms with Gasteiger partial charge >= 0.3 is 0 Å². The molecule has 0 aromatic carbocycles. The van der Waals surface area contributed by atoms with Gasteiger partial charge in [0.1, 0.15) is 10.7 Å². The molecule has 0 aliphatic carbocycles. The Labute approximate surface area is 99.4 Å². The first-order valence-electron chi connectivity index (χ1n) is 5.37. The van der Waals surface area contributed by atoms with E-state index in [1.54, 1.807) is 12.1 Å². The zero-order valence-electron chi connectivity index (χ0n) is 9.30. The van der Waals surface area contributed by atoms with E-state index in [0.29, 0.717) is 29.5 Å². The van der Waals surface area contributed by atoms with Gasteiger partial charge in [-0.2, -0.15) is 0 Å². The summed E-state index contributed by atoms with van der Waals surface area (Å²) in [6, 6.07) is 3.41. The highest BCUT2D eigenvalue weighted by atomic mass is 35.5. The van der Waals surface area contributed by atoms with E-state index in [9.17, 15) is 4.79 Å². The molecule has 2 heterocycles. The molecule has 16 heavy (non-hydrogen) atoms. The number of hydrogen-bond acceptors (Lipinski definition) is 3. The number of aromatic nitrogens is 1. The molecule has 1 amide bonds. The van der Waals surface area contributed by atoms with Crippen molar-refractivity contribution in [3.63, 3.8) is 0 Å². The summed E-state index contributed by atoms with van der Waals surface area (Å²) in [5.41, 5.74) is 0.122. The quantitative estimate of drug-likeness (QED) is 0.781. The van der Waals surface area contributed by atoms with Crippen molar-refractivity contribution in [1.29, 1.82) is 0 Å². The van der Waals surface area contributed by atoms with Crippen LogP contribution in [0, 0.1) is 0 Å². The highest BCUT2D eigenvalue weighted by Crippen LogP contribution is 2.33. The van der Waals surface area contributed by atoms with Crippen molar-refractivity contribution < 1.29 is 4.79 Å². The Morgan fingerprint density at radius 3 is 2.69 bits per heavy atom. The maximum Gasteiger partial charge on any atom is 0.250 e. The Morgan fingerprint density at radius 2 is 2.06 bits per heavy atom. The number of halogens is 1. The van der Waals surface area contributed by atoms with Crippen LogP contribution in [0.2, 0.25) is 5.15 Å². The van der Waals surface area contributed by atoms with Crippen molar-refractivity contribution in [3.05, 3.63) is 17.3 Å². The summed E-state index contributed by atoms with van der Waals surface area (Å²) in [7, 11) is 0. The first kappa shape index (κ1) is 11.2. The van der Waals surface area contributed by atoms with E-state index in [-0.39, 0.29) is 5.91 Å². The average Bonchev–Trinajstić information content (AvgIpc) is 2.29. The molecule has 2 N–H and O–H groups in total. The fraction of sp³-hybridized carbons (Fsp3) is 0.455. The van der Waals surface area contributed by atoms with Crippen LogP contribution in [0.15, 0.2) is 12.1 Å². The lowest BCUT2D eigenvalue weighted by Gasteiger charge is -2.36. The molecule has 1 aliphatic heterocycles. The van der Waals surface area contributed by atoms with Crippen molar-refractivity contribution in [2.24, 2.45) is 0 Å². The first-order chi connectivity index (χ1) is 7.61. The minimum Gasteiger partial charge on any atom is -0.354 e. The van der Waals surface area contributed by atoms with Gasteiger partial charge in [0.05, 0.1) is 5.69 Å². The highest BCUT2D eigenvalue weighted by molar-refractivity contribution is 6.29. The van der Waals surface area contributed by atoms with Crippen LogP contribution in [-0.2, 0) is 4.79 Å². The Kier molecular flexibility index (Phi) is 2.76. The number of nitrogens with one attached hydrogen (secondary N) is 2. The van der Waals surface area contributed by atoms with Gasteiger partial charge in [-0.05, 0) is 25.0 Å². The fourth-order valence-corrected chi connectivity index (χ4v) is 2.05. The summed E-state index contributed by atoms with van der Waals surface area (Å²) in [4.78, 5) is 16.2. The number of nitrogens with zero attached hydrogens (tertiary/aromatic N) is 1. The van der Waals surface area contributed by atoms with Gasteiger partial charge in [0.25, 0.3) is 0 Å². The molecule has 0 spiro atoms. The molecule has 1 aromatic rings. The average molecular weight is 240 g/mol. The summed E-state index contributed by atoms with van der Waals surface area (Å²) in [5, 5.41) is 6.47. The molecule has 0 radical (unpaired) electrons. The van der Waals surface area contributed by atoms with E-state index in [1.165, 1.54) is 0 Å². The van der Waals surface area contributed by atoms with E-state index in [0.717, 1.165) is 0 Å². The van der Waals surface area contributed by atoms with Crippen LogP contribution in [0.5, 0.6) is 0 Å². The van der Waals surface area contributed by atoms with Gasteiger partial charge in [0, 0.05) is 0 Å². The minimum atomic E-state index is -0.565. The van der Waals surface area contributed by atoms with Crippen LogP contribution >= 0.6 is 11.6 Å². The molecular weight excluding hydrogens is 226 g/mol. The topological polar surface area (TPSA) is 54.0 Å². The molecule has 0 unspecified atom stereocenters. The number of rotatable bonds is 2. The van der Waals surface area contributed by atoms with Gasteiger partial charge in [-0.25, -0.2) is 4.98 Å². The van der Waals surface area contributed by atoms with Gasteiger partial charge in [0.15, 0.2) is 5.82 Å². The number of pyridine rings is 1. The third-order valence-electron chi connectivity index (χ3n) is 3.11. The predicted molar refractivity (Wildman–Crippen MR) is 64.8 cm³/mol. The molecule has 1 aliphatic rings. The van der Waals surface area contributed by atoms with Crippen LogP contribution in [0.3, 0.4) is 0 Å². The van der Waals surface area contributed by atoms with Crippen molar-refractivity contribution >= 4 is 29.0 Å². The molecule has 0 atom stereocenters. The van der Waals surface area contributed by atoms with E-state index in [1.807, 2.05) is 13.8 Å². The zero-order chi connectivity index (χ0) is 11.8. The Hall–Kier alpha value is -1.29. The maximum absolute atomic E-state index is 12.0. The minimum absolute atomic E-state index is 0.00544. The number of carbonyl (C=O) groups excluding carboxylic acids is 1. The number of anilines is 2. The smallest absolute Gasteiger partial charge is 0.250 e. The molecule has 86 valence electrons. The lowest BCUT2D eigenvalue weighted by atomic mass is 9.90. The normalized spacial score (nSPS) is 17.3. The summed E-state index contributed by atoms with van der Waals surface area (Å²) in [5.74, 6) is 0.643. The van der Waals surface area contributed by atoms with Crippen molar-refractivity contribution in [1.82, 2.24) is 4.98 Å². The zero-order valence-corrected chi connectivity index (χ0v) is 10.1. The van der Waals surface area contributed by atoms with Crippen molar-refractivity contribution in [2.45, 2.75) is 32.2 Å². The number of amides is 1. The van der Waals surface area contributed by atoms with Crippen molar-refractivity contribution in [2.75, 3.05) is 10.6 Å². The number of hydrogen-bond donors (Lipinski definition) is 2. The monoisotopic (exact) mass is 239 g/mol. The molecule has 1 aromatic heterocycles. The standard InChI is InChI=1S/C11H14ClN3O/c1-3-11(4-2)10(16)13-7-5-6-8(12)14-9(7)15-11/h5-6H,3-4H2,1-2H3,(H,13,16)(H,14,15). The van der Waals surface area contributed by atoms with Gasteiger partial charge in [-0.15, -0.1) is 0 Å². The third kappa shape index (κ3) is 1.63. The Balaban J connectivity index is 2.43. The summed E-state index contributed by atoms with van der Waals surface area (Å²) >= 11 is 5.83. The van der Waals surface area contributed by atoms with Gasteiger partial charge in [0.2, 0.25) is 5.91 Å². The van der Waals surface area contributed by atoms with Crippen LogP contribution < -0.4 is 10.6 Å². The van der Waals surface area contributed by atoms with E-state index >= 15 is 0 Å². The Bertz CT molecular complexity index is 429. The molecule has 4 nitrogen and oxygen atoms in total. The highest BCUT2D eigenvalue weighted by Gasteiger charge is 2.39. The molecule has 0 saturated heterocycles. The SMILES string of the molecule is CCC1(CC)Nc2nc(Cl)ccc2NC1=O. The number of fused-ring (bicyclic) bond motifs is 1. The summed E-state index contributed by atoms with van der Waals surface area (Å²) < 4.78 is 0. The van der Waals surface area contributed by atoms with Crippen molar-refractivity contribution in [3.8, 4) is 0 Å². The molecular formula is C11H14ClN3O. The molecule has 0 saturated carbocycles. The second-order valence-corrected chi connectivity index (χ2v) is 4.29. The van der Waals surface area contributed by atoms with Crippen LogP contribution in [0.4, 0.5) is 11.5 Å². The Morgan fingerprint density at radius 1 is 1.38 bits per heavy atom. The molecule has 2 rings (SSSR count). The fourth-order valence-electron chi connectivity index (χ4n) is 1.90. The molecule has 0 fully saturated rings. The maximum atomic E-state index is 12.0. The van der Waals surface area contributed by atoms with Crippen LogP contribution in [0.1, 0.15) is 26.7 Å². The van der Waals surface area contributed by atoms with E-state index in [2.05, 4.69) is 15.6 Å².